The van der Waals surface area contributed by atoms with E-state index in [1.54, 1.807) is 24.0 Å². The number of aromatic nitrogens is 2. The van der Waals surface area contributed by atoms with Crippen molar-refractivity contribution in [2.75, 3.05) is 33.4 Å². The molecule has 1 aromatic heterocycles. The monoisotopic (exact) mass is 336 g/mol. The molecule has 2 aliphatic rings. The van der Waals surface area contributed by atoms with Crippen LogP contribution in [0.3, 0.4) is 0 Å². The molecule has 0 radical (unpaired) electrons. The number of carbonyl (C=O) groups is 1. The number of likely N-dealkylation sites (tertiary alicyclic amines) is 1. The number of aliphatic hydroxyl groups is 1. The molecule has 1 N–H and O–H groups in total. The van der Waals surface area contributed by atoms with Crippen molar-refractivity contribution in [2.45, 2.75) is 43.9 Å². The SMILES string of the molecule is CN(C1CCOCC1)[C@H]1CCN(C(=O)c2ccnn2C)CC[C@@H]1O. The Balaban J connectivity index is 1.64. The van der Waals surface area contributed by atoms with Crippen molar-refractivity contribution in [1.82, 2.24) is 19.6 Å². The Labute approximate surface area is 143 Å². The summed E-state index contributed by atoms with van der Waals surface area (Å²) in [6.45, 7) is 2.84. The second kappa shape index (κ2) is 7.63. The molecule has 3 heterocycles. The van der Waals surface area contributed by atoms with Gasteiger partial charge in [-0.25, -0.2) is 0 Å². The predicted octanol–water partition coefficient (Wildman–Crippen LogP) is 0.496. The maximum atomic E-state index is 12.7. The van der Waals surface area contributed by atoms with Gasteiger partial charge in [-0.3, -0.25) is 14.4 Å². The molecule has 7 heteroatoms. The summed E-state index contributed by atoms with van der Waals surface area (Å²) >= 11 is 0. The molecule has 134 valence electrons. The average Bonchev–Trinajstić information content (AvgIpc) is 2.93. The van der Waals surface area contributed by atoms with Gasteiger partial charge < -0.3 is 14.7 Å². The average molecular weight is 336 g/mol. The lowest BCUT2D eigenvalue weighted by Crippen LogP contribution is -2.48. The van der Waals surface area contributed by atoms with Gasteiger partial charge in [-0.1, -0.05) is 0 Å². The Kier molecular flexibility index (Phi) is 5.53. The van der Waals surface area contributed by atoms with Crippen LogP contribution in [-0.4, -0.2) is 82.1 Å². The van der Waals surface area contributed by atoms with Gasteiger partial charge in [0, 0.05) is 51.6 Å². The minimum absolute atomic E-state index is 0.00318. The molecule has 3 rings (SSSR count). The number of aryl methyl sites for hydroxylation is 1. The number of hydrogen-bond acceptors (Lipinski definition) is 5. The largest absolute Gasteiger partial charge is 0.391 e. The minimum atomic E-state index is -0.401. The first-order chi connectivity index (χ1) is 11.6. The number of aliphatic hydroxyl groups excluding tert-OH is 1. The zero-order valence-corrected chi connectivity index (χ0v) is 14.6. The number of nitrogens with zero attached hydrogens (tertiary/aromatic N) is 4. The van der Waals surface area contributed by atoms with Crippen molar-refractivity contribution in [3.63, 3.8) is 0 Å². The highest BCUT2D eigenvalue weighted by Gasteiger charge is 2.33. The van der Waals surface area contributed by atoms with Crippen LogP contribution in [0.15, 0.2) is 12.3 Å². The molecule has 0 aliphatic carbocycles. The fourth-order valence-corrected chi connectivity index (χ4v) is 3.86. The molecule has 2 atom stereocenters. The van der Waals surface area contributed by atoms with E-state index in [1.165, 1.54) is 0 Å². The molecule has 0 unspecified atom stereocenters. The zero-order chi connectivity index (χ0) is 17.1. The Morgan fingerprint density at radius 1 is 1.29 bits per heavy atom. The molecule has 1 aromatic rings. The third-order valence-corrected chi connectivity index (χ3v) is 5.45. The quantitative estimate of drug-likeness (QED) is 0.870. The van der Waals surface area contributed by atoms with E-state index < -0.39 is 6.10 Å². The molecule has 2 fully saturated rings. The van der Waals surface area contributed by atoms with Crippen molar-refractivity contribution in [3.05, 3.63) is 18.0 Å². The second-order valence-corrected chi connectivity index (χ2v) is 6.85. The third-order valence-electron chi connectivity index (χ3n) is 5.45. The highest BCUT2D eigenvalue weighted by molar-refractivity contribution is 5.92. The molecule has 24 heavy (non-hydrogen) atoms. The number of rotatable bonds is 3. The first-order valence-electron chi connectivity index (χ1n) is 8.83. The molecule has 0 bridgehead atoms. The maximum Gasteiger partial charge on any atom is 0.272 e. The molecule has 2 saturated heterocycles. The summed E-state index contributed by atoms with van der Waals surface area (Å²) in [4.78, 5) is 16.8. The molecular formula is C17H28N4O3. The highest BCUT2D eigenvalue weighted by Crippen LogP contribution is 2.23. The van der Waals surface area contributed by atoms with E-state index in [4.69, 9.17) is 4.74 Å². The van der Waals surface area contributed by atoms with Gasteiger partial charge in [0.2, 0.25) is 0 Å². The van der Waals surface area contributed by atoms with Crippen LogP contribution in [0.2, 0.25) is 0 Å². The standard InChI is InChI=1S/C17H28N4O3/c1-19(13-6-11-24-12-7-13)14-4-9-21(10-5-16(14)22)17(23)15-3-8-18-20(15)2/h3,8,13-14,16,22H,4-7,9-12H2,1-2H3/t14-,16-/m0/s1. The molecule has 0 aromatic carbocycles. The van der Waals surface area contributed by atoms with E-state index in [2.05, 4.69) is 17.0 Å². The second-order valence-electron chi connectivity index (χ2n) is 6.85. The van der Waals surface area contributed by atoms with Gasteiger partial charge in [0.05, 0.1) is 6.10 Å². The number of amides is 1. The number of ether oxygens (including phenoxy) is 1. The van der Waals surface area contributed by atoms with Gasteiger partial charge in [-0.2, -0.15) is 5.10 Å². The first kappa shape index (κ1) is 17.4. The lowest BCUT2D eigenvalue weighted by Gasteiger charge is -2.38. The Morgan fingerprint density at radius 2 is 2.00 bits per heavy atom. The lowest BCUT2D eigenvalue weighted by atomic mass is 9.99. The summed E-state index contributed by atoms with van der Waals surface area (Å²) in [7, 11) is 3.88. The Morgan fingerprint density at radius 3 is 2.67 bits per heavy atom. The molecule has 1 amide bonds. The number of likely N-dealkylation sites (N-methyl/N-ethyl adjacent to an activating group) is 1. The van der Waals surface area contributed by atoms with Crippen molar-refractivity contribution in [1.29, 1.82) is 0 Å². The van der Waals surface area contributed by atoms with E-state index in [0.717, 1.165) is 32.5 Å². The topological polar surface area (TPSA) is 70.8 Å². The van der Waals surface area contributed by atoms with Crippen LogP contribution >= 0.6 is 0 Å². The Bertz CT molecular complexity index is 556. The van der Waals surface area contributed by atoms with Gasteiger partial charge in [0.1, 0.15) is 5.69 Å². The van der Waals surface area contributed by atoms with E-state index in [9.17, 15) is 9.90 Å². The molecular weight excluding hydrogens is 308 g/mol. The van der Waals surface area contributed by atoms with Gasteiger partial charge in [-0.05, 0) is 38.8 Å². The summed E-state index contributed by atoms with van der Waals surface area (Å²) in [5.41, 5.74) is 0.598. The van der Waals surface area contributed by atoms with Crippen LogP contribution in [0.1, 0.15) is 36.2 Å². The fraction of sp³-hybridized carbons (Fsp3) is 0.765. The highest BCUT2D eigenvalue weighted by atomic mass is 16.5. The van der Waals surface area contributed by atoms with E-state index in [-0.39, 0.29) is 11.9 Å². The first-order valence-corrected chi connectivity index (χ1v) is 8.83. The van der Waals surface area contributed by atoms with Crippen molar-refractivity contribution < 1.29 is 14.6 Å². The van der Waals surface area contributed by atoms with Crippen LogP contribution in [0, 0.1) is 0 Å². The van der Waals surface area contributed by atoms with E-state index >= 15 is 0 Å². The number of hydrogen-bond donors (Lipinski definition) is 1. The molecule has 2 aliphatic heterocycles. The summed E-state index contributed by atoms with van der Waals surface area (Å²) in [5, 5.41) is 14.7. The molecule has 7 nitrogen and oxygen atoms in total. The van der Waals surface area contributed by atoms with Crippen LogP contribution in [0.25, 0.3) is 0 Å². The van der Waals surface area contributed by atoms with Gasteiger partial charge >= 0.3 is 0 Å². The summed E-state index contributed by atoms with van der Waals surface area (Å²) in [5.74, 6) is -0.00318. The van der Waals surface area contributed by atoms with Crippen molar-refractivity contribution in [3.8, 4) is 0 Å². The van der Waals surface area contributed by atoms with E-state index in [0.29, 0.717) is 31.2 Å². The summed E-state index contributed by atoms with van der Waals surface area (Å²) in [6.07, 6.45) is 4.67. The Hall–Kier alpha value is -1.44. The smallest absolute Gasteiger partial charge is 0.272 e. The minimum Gasteiger partial charge on any atom is -0.391 e. The maximum absolute atomic E-state index is 12.7. The summed E-state index contributed by atoms with van der Waals surface area (Å²) < 4.78 is 7.05. The van der Waals surface area contributed by atoms with Crippen molar-refractivity contribution >= 4 is 5.91 Å². The lowest BCUT2D eigenvalue weighted by molar-refractivity contribution is -0.00758. The van der Waals surface area contributed by atoms with Crippen molar-refractivity contribution in [2.24, 2.45) is 7.05 Å². The third kappa shape index (κ3) is 3.63. The predicted molar refractivity (Wildman–Crippen MR) is 89.7 cm³/mol. The van der Waals surface area contributed by atoms with Crippen LogP contribution in [0.4, 0.5) is 0 Å². The zero-order valence-electron chi connectivity index (χ0n) is 14.6. The molecule has 0 saturated carbocycles. The summed E-state index contributed by atoms with van der Waals surface area (Å²) in [6, 6.07) is 2.30. The van der Waals surface area contributed by atoms with Gasteiger partial charge in [-0.15, -0.1) is 0 Å². The van der Waals surface area contributed by atoms with Crippen LogP contribution < -0.4 is 0 Å². The van der Waals surface area contributed by atoms with Crippen LogP contribution in [-0.2, 0) is 11.8 Å². The van der Waals surface area contributed by atoms with Crippen LogP contribution in [0.5, 0.6) is 0 Å². The number of carbonyl (C=O) groups excluding carboxylic acids is 1. The van der Waals surface area contributed by atoms with Gasteiger partial charge in [0.15, 0.2) is 0 Å². The fourth-order valence-electron chi connectivity index (χ4n) is 3.86. The molecule has 0 spiro atoms. The normalized spacial score (nSPS) is 26.6. The van der Waals surface area contributed by atoms with E-state index in [1.807, 2.05) is 4.90 Å². The van der Waals surface area contributed by atoms with Gasteiger partial charge in [0.25, 0.3) is 5.91 Å².